The lowest BCUT2D eigenvalue weighted by molar-refractivity contribution is -0.137. The number of nitrogens with zero attached hydrogens (tertiary/aromatic N) is 3. The molecule has 0 saturated carbocycles. The van der Waals surface area contributed by atoms with Gasteiger partial charge in [0.25, 0.3) is 0 Å². The summed E-state index contributed by atoms with van der Waals surface area (Å²) in [7, 11) is 1.51. The third-order valence-electron chi connectivity index (χ3n) is 4.17. The lowest BCUT2D eigenvalue weighted by atomic mass is 10.1. The van der Waals surface area contributed by atoms with E-state index in [0.717, 1.165) is 12.1 Å². The zero-order valence-electron chi connectivity index (χ0n) is 14.4. The van der Waals surface area contributed by atoms with Crippen molar-refractivity contribution in [1.82, 2.24) is 15.0 Å². The van der Waals surface area contributed by atoms with Gasteiger partial charge in [-0.15, -0.1) is 5.10 Å². The summed E-state index contributed by atoms with van der Waals surface area (Å²) in [5.74, 6) is 0.550. The number of methoxy groups -OCH3 is 1. The van der Waals surface area contributed by atoms with Crippen molar-refractivity contribution in [3.63, 3.8) is 0 Å². The van der Waals surface area contributed by atoms with Crippen LogP contribution in [0.15, 0.2) is 63.9 Å². The van der Waals surface area contributed by atoms with E-state index in [9.17, 15) is 18.0 Å². The number of hydrogen-bond acceptors (Lipinski definition) is 5. The molecule has 0 N–H and O–H groups in total. The Morgan fingerprint density at radius 3 is 2.50 bits per heavy atom. The van der Waals surface area contributed by atoms with E-state index in [0.29, 0.717) is 28.0 Å². The molecule has 0 spiro atoms. The van der Waals surface area contributed by atoms with Gasteiger partial charge in [-0.3, -0.25) is 0 Å². The molecule has 2 heterocycles. The molecule has 0 saturated heterocycles. The summed E-state index contributed by atoms with van der Waals surface area (Å²) in [4.78, 5) is 12.3. The minimum atomic E-state index is -4.41. The van der Waals surface area contributed by atoms with Crippen molar-refractivity contribution in [2.45, 2.75) is 6.18 Å². The van der Waals surface area contributed by atoms with Crippen molar-refractivity contribution in [3.8, 4) is 22.7 Å². The largest absolute Gasteiger partial charge is 0.497 e. The van der Waals surface area contributed by atoms with Gasteiger partial charge in [-0.2, -0.15) is 13.2 Å². The van der Waals surface area contributed by atoms with E-state index >= 15 is 0 Å². The number of alkyl halides is 3. The monoisotopic (exact) mass is 387 g/mol. The molecule has 9 heteroatoms. The molecule has 0 amide bonds. The first kappa shape index (κ1) is 17.8. The highest BCUT2D eigenvalue weighted by Crippen LogP contribution is 2.30. The molecule has 6 nitrogen and oxygen atoms in total. The fourth-order valence-electron chi connectivity index (χ4n) is 2.71. The van der Waals surface area contributed by atoms with Gasteiger partial charge in [0.05, 0.1) is 18.9 Å². The maximum absolute atomic E-state index is 12.7. The van der Waals surface area contributed by atoms with Gasteiger partial charge < -0.3 is 9.15 Å². The number of hydrogen-bond donors (Lipinski definition) is 0. The Bertz CT molecular complexity index is 1210. The van der Waals surface area contributed by atoms with E-state index in [2.05, 4.69) is 10.3 Å². The van der Waals surface area contributed by atoms with Gasteiger partial charge in [0, 0.05) is 17.0 Å². The lowest BCUT2D eigenvalue weighted by Crippen LogP contribution is -2.10. The predicted octanol–water partition coefficient (Wildman–Crippen LogP) is 4.07. The Kier molecular flexibility index (Phi) is 4.14. The summed E-state index contributed by atoms with van der Waals surface area (Å²) in [5.41, 5.74) is -0.143. The van der Waals surface area contributed by atoms with Crippen LogP contribution in [0.3, 0.4) is 0 Å². The molecular formula is C19H12F3N3O3. The van der Waals surface area contributed by atoms with Crippen LogP contribution in [-0.4, -0.2) is 22.1 Å². The molecule has 0 atom stereocenters. The van der Waals surface area contributed by atoms with Gasteiger partial charge in [0.2, 0.25) is 0 Å². The van der Waals surface area contributed by atoms with E-state index in [-0.39, 0.29) is 5.69 Å². The standard InChI is InChI=1S/C19H12F3N3O3/c1-27-14-7-4-12-8-16(18(26)28-17(12)9-14)25-10-15(23-24-25)11-2-5-13(6-3-11)19(20,21)22/h2-10H,1H3. The molecule has 4 rings (SSSR count). The maximum atomic E-state index is 12.7. The van der Waals surface area contributed by atoms with Gasteiger partial charge in [0.1, 0.15) is 17.0 Å². The van der Waals surface area contributed by atoms with E-state index in [1.165, 1.54) is 30.1 Å². The smallest absolute Gasteiger partial charge is 0.416 e. The number of aromatic nitrogens is 3. The Morgan fingerprint density at radius 1 is 1.07 bits per heavy atom. The number of benzene rings is 2. The molecule has 0 fully saturated rings. The number of ether oxygens (including phenoxy) is 1. The first-order valence-corrected chi connectivity index (χ1v) is 8.07. The Morgan fingerprint density at radius 2 is 1.82 bits per heavy atom. The molecule has 28 heavy (non-hydrogen) atoms. The average molecular weight is 387 g/mol. The molecule has 0 radical (unpaired) electrons. The average Bonchev–Trinajstić information content (AvgIpc) is 3.16. The summed E-state index contributed by atoms with van der Waals surface area (Å²) in [6.45, 7) is 0. The van der Waals surface area contributed by atoms with E-state index in [1.807, 2.05) is 0 Å². The van der Waals surface area contributed by atoms with Crippen LogP contribution in [0.1, 0.15) is 5.56 Å². The van der Waals surface area contributed by atoms with Crippen LogP contribution >= 0.6 is 0 Å². The normalized spacial score (nSPS) is 11.7. The van der Waals surface area contributed by atoms with Gasteiger partial charge in [0.15, 0.2) is 5.69 Å². The summed E-state index contributed by atoms with van der Waals surface area (Å²) >= 11 is 0. The predicted molar refractivity (Wildman–Crippen MR) is 94.4 cm³/mol. The lowest BCUT2D eigenvalue weighted by Gasteiger charge is -2.06. The molecule has 0 unspecified atom stereocenters. The quantitative estimate of drug-likeness (QED) is 0.496. The molecule has 4 aromatic rings. The Balaban J connectivity index is 1.71. The van der Waals surface area contributed by atoms with Gasteiger partial charge in [-0.05, 0) is 30.3 Å². The van der Waals surface area contributed by atoms with Crippen LogP contribution in [0.2, 0.25) is 0 Å². The molecule has 0 aliphatic rings. The van der Waals surface area contributed by atoms with Crippen molar-refractivity contribution < 1.29 is 22.3 Å². The van der Waals surface area contributed by atoms with Crippen LogP contribution in [-0.2, 0) is 6.18 Å². The summed E-state index contributed by atoms with van der Waals surface area (Å²) in [6.07, 6.45) is -2.97. The van der Waals surface area contributed by atoms with Gasteiger partial charge in [-0.25, -0.2) is 9.48 Å². The third kappa shape index (κ3) is 3.22. The molecule has 0 aliphatic carbocycles. The van der Waals surface area contributed by atoms with Gasteiger partial charge >= 0.3 is 11.8 Å². The highest BCUT2D eigenvalue weighted by Gasteiger charge is 2.30. The topological polar surface area (TPSA) is 70.2 Å². The van der Waals surface area contributed by atoms with Crippen LogP contribution in [0.5, 0.6) is 5.75 Å². The van der Waals surface area contributed by atoms with Crippen LogP contribution in [0.4, 0.5) is 13.2 Å². The van der Waals surface area contributed by atoms with E-state index < -0.39 is 17.4 Å². The first-order chi connectivity index (χ1) is 13.3. The van der Waals surface area contributed by atoms with E-state index in [4.69, 9.17) is 9.15 Å². The molecule has 142 valence electrons. The van der Waals surface area contributed by atoms with Crippen LogP contribution in [0, 0.1) is 0 Å². The second kappa shape index (κ2) is 6.52. The third-order valence-corrected chi connectivity index (χ3v) is 4.17. The minimum Gasteiger partial charge on any atom is -0.497 e. The zero-order chi connectivity index (χ0) is 19.9. The Labute approximate surface area is 155 Å². The van der Waals surface area contributed by atoms with Gasteiger partial charge in [-0.1, -0.05) is 17.3 Å². The molecule has 2 aromatic heterocycles. The maximum Gasteiger partial charge on any atom is 0.416 e. The highest BCUT2D eigenvalue weighted by atomic mass is 19.4. The molecule has 0 bridgehead atoms. The Hall–Kier alpha value is -3.62. The first-order valence-electron chi connectivity index (χ1n) is 8.07. The molecule has 2 aromatic carbocycles. The fourth-order valence-corrected chi connectivity index (χ4v) is 2.71. The SMILES string of the molecule is COc1ccc2cc(-n3cc(-c4ccc(C(F)(F)F)cc4)nn3)c(=O)oc2c1. The summed E-state index contributed by atoms with van der Waals surface area (Å²) < 4.78 is 49.7. The second-order valence-corrected chi connectivity index (χ2v) is 5.95. The number of rotatable bonds is 3. The summed E-state index contributed by atoms with van der Waals surface area (Å²) in [5, 5.41) is 8.48. The summed E-state index contributed by atoms with van der Waals surface area (Å²) in [6, 6.07) is 11.2. The zero-order valence-corrected chi connectivity index (χ0v) is 14.4. The number of halogens is 3. The molecule has 0 aliphatic heterocycles. The van der Waals surface area contributed by atoms with Crippen molar-refractivity contribution in [1.29, 1.82) is 0 Å². The van der Waals surface area contributed by atoms with Crippen molar-refractivity contribution in [2.75, 3.05) is 7.11 Å². The van der Waals surface area contributed by atoms with Crippen molar-refractivity contribution >= 4 is 11.0 Å². The highest BCUT2D eigenvalue weighted by molar-refractivity contribution is 5.79. The number of fused-ring (bicyclic) bond motifs is 1. The molecular weight excluding hydrogens is 375 g/mol. The van der Waals surface area contributed by atoms with Crippen molar-refractivity contribution in [3.05, 3.63) is 70.7 Å². The van der Waals surface area contributed by atoms with Crippen LogP contribution in [0.25, 0.3) is 27.9 Å². The second-order valence-electron chi connectivity index (χ2n) is 5.95. The minimum absolute atomic E-state index is 0.128. The van der Waals surface area contributed by atoms with E-state index in [1.54, 1.807) is 24.3 Å². The van der Waals surface area contributed by atoms with Crippen LogP contribution < -0.4 is 10.4 Å². The fraction of sp³-hybridized carbons (Fsp3) is 0.105. The van der Waals surface area contributed by atoms with Crippen molar-refractivity contribution in [2.24, 2.45) is 0 Å².